The molecule has 7 heteroatoms. The van der Waals surface area contributed by atoms with Gasteiger partial charge in [0.2, 0.25) is 0 Å². The Bertz CT molecular complexity index is 845. The normalized spacial score (nSPS) is 10.9. The van der Waals surface area contributed by atoms with Crippen LogP contribution in [0.4, 0.5) is 0 Å². The molecule has 3 aromatic rings. The lowest BCUT2D eigenvalue weighted by Gasteiger charge is -2.06. The zero-order chi connectivity index (χ0) is 16.2. The number of aromatic nitrogens is 4. The fourth-order valence-electron chi connectivity index (χ4n) is 2.33. The van der Waals surface area contributed by atoms with E-state index in [0.717, 1.165) is 17.8 Å². The van der Waals surface area contributed by atoms with Gasteiger partial charge in [0.05, 0.1) is 5.52 Å². The van der Waals surface area contributed by atoms with E-state index in [9.17, 15) is 4.79 Å². The van der Waals surface area contributed by atoms with Gasteiger partial charge in [0.1, 0.15) is 17.8 Å². The smallest absolute Gasteiger partial charge is 0.269 e. The minimum atomic E-state index is -0.213. The summed E-state index contributed by atoms with van der Waals surface area (Å²) in [5.41, 5.74) is 1.08. The number of carbonyl (C=O) groups excluding carboxylic acids is 1. The van der Waals surface area contributed by atoms with E-state index in [1.54, 1.807) is 24.5 Å². The summed E-state index contributed by atoms with van der Waals surface area (Å²) in [6.07, 6.45) is 2.31. The van der Waals surface area contributed by atoms with Crippen LogP contribution in [0, 0.1) is 0 Å². The summed E-state index contributed by atoms with van der Waals surface area (Å²) in [6, 6.07) is 9.00. The number of hydrogen-bond donors (Lipinski definition) is 1. The second-order valence-electron chi connectivity index (χ2n) is 5.07. The maximum Gasteiger partial charge on any atom is 0.269 e. The highest BCUT2D eigenvalue weighted by Crippen LogP contribution is 2.17. The fourth-order valence-corrected chi connectivity index (χ4v) is 2.50. The van der Waals surface area contributed by atoms with Crippen molar-refractivity contribution in [1.29, 1.82) is 0 Å². The number of aryl methyl sites for hydroxylation is 1. The van der Waals surface area contributed by atoms with Gasteiger partial charge in [-0.25, -0.2) is 4.98 Å². The van der Waals surface area contributed by atoms with Crippen LogP contribution in [0.5, 0.6) is 0 Å². The van der Waals surface area contributed by atoms with Gasteiger partial charge in [-0.2, -0.15) is 0 Å². The van der Waals surface area contributed by atoms with E-state index >= 15 is 0 Å². The Labute approximate surface area is 138 Å². The van der Waals surface area contributed by atoms with E-state index in [2.05, 4.69) is 20.5 Å². The highest BCUT2D eigenvalue weighted by atomic mass is 35.5. The molecular formula is C16H16ClN5O. The van der Waals surface area contributed by atoms with Crippen LogP contribution in [0.2, 0.25) is 5.02 Å². The summed E-state index contributed by atoms with van der Waals surface area (Å²) in [4.78, 5) is 16.6. The summed E-state index contributed by atoms with van der Waals surface area (Å²) in [5, 5.41) is 12.3. The molecule has 2 aromatic heterocycles. The number of hydrogen-bond acceptors (Lipinski definition) is 4. The summed E-state index contributed by atoms with van der Waals surface area (Å²) in [6.45, 7) is 3.31. The number of halogens is 1. The molecule has 0 saturated heterocycles. The second-order valence-corrected chi connectivity index (χ2v) is 5.51. The first kappa shape index (κ1) is 15.4. The number of fused-ring (bicyclic) bond motifs is 1. The molecule has 0 aliphatic carbocycles. The van der Waals surface area contributed by atoms with Crippen molar-refractivity contribution < 1.29 is 4.79 Å². The third kappa shape index (κ3) is 3.48. The molecular weight excluding hydrogens is 314 g/mol. The van der Waals surface area contributed by atoms with Gasteiger partial charge in [0.25, 0.3) is 5.91 Å². The maximum atomic E-state index is 12.2. The van der Waals surface area contributed by atoms with Crippen molar-refractivity contribution in [2.45, 2.75) is 19.9 Å². The van der Waals surface area contributed by atoms with Crippen molar-refractivity contribution in [2.75, 3.05) is 6.54 Å². The lowest BCUT2D eigenvalue weighted by atomic mass is 10.2. The summed E-state index contributed by atoms with van der Waals surface area (Å²) in [5.74, 6) is 0.639. The predicted octanol–water partition coefficient (Wildman–Crippen LogP) is 2.47. The summed E-state index contributed by atoms with van der Waals surface area (Å²) < 4.78 is 1.95. The van der Waals surface area contributed by atoms with E-state index in [-0.39, 0.29) is 5.91 Å². The van der Waals surface area contributed by atoms with Gasteiger partial charge in [-0.3, -0.25) is 4.79 Å². The third-order valence-corrected chi connectivity index (χ3v) is 3.79. The molecule has 23 heavy (non-hydrogen) atoms. The van der Waals surface area contributed by atoms with Crippen LogP contribution in [-0.2, 0) is 13.0 Å². The largest absolute Gasteiger partial charge is 0.350 e. The number of pyridine rings is 1. The molecule has 0 radical (unpaired) electrons. The highest BCUT2D eigenvalue weighted by molar-refractivity contribution is 6.31. The molecule has 6 nitrogen and oxygen atoms in total. The standard InChI is InChI=1S/C16H16ClN5O/c1-2-22-10-19-21-15(22)7-8-18-16(23)13-6-4-11-3-5-12(17)9-14(11)20-13/h3-6,9-10H,2,7-8H2,1H3,(H,18,23). The molecule has 0 unspecified atom stereocenters. The fraction of sp³-hybridized carbons (Fsp3) is 0.250. The number of amides is 1. The Kier molecular flexibility index (Phi) is 4.52. The van der Waals surface area contributed by atoms with Crippen LogP contribution >= 0.6 is 11.6 Å². The minimum Gasteiger partial charge on any atom is -0.350 e. The number of benzene rings is 1. The second kappa shape index (κ2) is 6.75. The Balaban J connectivity index is 1.66. The van der Waals surface area contributed by atoms with Gasteiger partial charge in [-0.15, -0.1) is 10.2 Å². The zero-order valence-corrected chi connectivity index (χ0v) is 13.4. The van der Waals surface area contributed by atoms with Crippen molar-refractivity contribution in [2.24, 2.45) is 0 Å². The monoisotopic (exact) mass is 329 g/mol. The number of carbonyl (C=O) groups is 1. The molecule has 0 fully saturated rings. The molecule has 1 N–H and O–H groups in total. The molecule has 0 bridgehead atoms. The highest BCUT2D eigenvalue weighted by Gasteiger charge is 2.09. The van der Waals surface area contributed by atoms with E-state index in [1.807, 2.05) is 23.6 Å². The Hall–Kier alpha value is -2.47. The van der Waals surface area contributed by atoms with E-state index in [0.29, 0.717) is 29.2 Å². The van der Waals surface area contributed by atoms with Crippen molar-refractivity contribution in [3.63, 3.8) is 0 Å². The van der Waals surface area contributed by atoms with Crippen LogP contribution in [0.15, 0.2) is 36.7 Å². The van der Waals surface area contributed by atoms with Gasteiger partial charge in [-0.1, -0.05) is 23.7 Å². The molecule has 0 aliphatic heterocycles. The average molecular weight is 330 g/mol. The molecule has 0 saturated carbocycles. The summed E-state index contributed by atoms with van der Waals surface area (Å²) in [7, 11) is 0. The topological polar surface area (TPSA) is 72.7 Å². The Morgan fingerprint density at radius 3 is 2.96 bits per heavy atom. The zero-order valence-electron chi connectivity index (χ0n) is 12.7. The van der Waals surface area contributed by atoms with E-state index in [4.69, 9.17) is 11.6 Å². The van der Waals surface area contributed by atoms with Crippen LogP contribution in [0.25, 0.3) is 10.9 Å². The molecule has 3 rings (SSSR count). The minimum absolute atomic E-state index is 0.213. The van der Waals surface area contributed by atoms with Crippen molar-refractivity contribution >= 4 is 28.4 Å². The number of rotatable bonds is 5. The van der Waals surface area contributed by atoms with E-state index in [1.165, 1.54) is 0 Å². The molecule has 1 aromatic carbocycles. The number of nitrogens with one attached hydrogen (secondary N) is 1. The maximum absolute atomic E-state index is 12.2. The molecule has 1 amide bonds. The lowest BCUT2D eigenvalue weighted by molar-refractivity contribution is 0.0949. The van der Waals surface area contributed by atoms with Crippen LogP contribution in [-0.4, -0.2) is 32.2 Å². The number of nitrogens with zero attached hydrogens (tertiary/aromatic N) is 4. The van der Waals surface area contributed by atoms with Gasteiger partial charge in [-0.05, 0) is 25.1 Å². The van der Waals surface area contributed by atoms with Crippen LogP contribution in [0.1, 0.15) is 23.2 Å². The van der Waals surface area contributed by atoms with Crippen molar-refractivity contribution in [1.82, 2.24) is 25.1 Å². The molecule has 118 valence electrons. The Morgan fingerprint density at radius 1 is 1.30 bits per heavy atom. The van der Waals surface area contributed by atoms with E-state index < -0.39 is 0 Å². The third-order valence-electron chi connectivity index (χ3n) is 3.56. The van der Waals surface area contributed by atoms with Crippen LogP contribution < -0.4 is 5.32 Å². The first-order valence-electron chi connectivity index (χ1n) is 7.38. The van der Waals surface area contributed by atoms with Crippen molar-refractivity contribution in [3.05, 3.63) is 53.2 Å². The lowest BCUT2D eigenvalue weighted by Crippen LogP contribution is -2.27. The average Bonchev–Trinajstić information content (AvgIpc) is 3.01. The molecule has 0 aliphatic rings. The first-order valence-corrected chi connectivity index (χ1v) is 7.76. The quantitative estimate of drug-likeness (QED) is 0.780. The van der Waals surface area contributed by atoms with Gasteiger partial charge in [0.15, 0.2) is 0 Å². The summed E-state index contributed by atoms with van der Waals surface area (Å²) >= 11 is 5.96. The predicted molar refractivity (Wildman–Crippen MR) is 88.5 cm³/mol. The SMILES string of the molecule is CCn1cnnc1CCNC(=O)c1ccc2ccc(Cl)cc2n1. The van der Waals surface area contributed by atoms with Gasteiger partial charge in [0, 0.05) is 29.9 Å². The first-order chi connectivity index (χ1) is 11.2. The van der Waals surface area contributed by atoms with Crippen LogP contribution in [0.3, 0.4) is 0 Å². The van der Waals surface area contributed by atoms with Gasteiger partial charge >= 0.3 is 0 Å². The van der Waals surface area contributed by atoms with Gasteiger partial charge < -0.3 is 9.88 Å². The molecule has 2 heterocycles. The molecule has 0 atom stereocenters. The van der Waals surface area contributed by atoms with Crippen molar-refractivity contribution in [3.8, 4) is 0 Å². The molecule has 0 spiro atoms. The Morgan fingerprint density at radius 2 is 2.13 bits per heavy atom.